The summed E-state index contributed by atoms with van der Waals surface area (Å²) in [6, 6.07) is 7.48. The van der Waals surface area contributed by atoms with Crippen LogP contribution in [0, 0.1) is 5.92 Å². The molecule has 0 spiro atoms. The molecule has 2 atom stereocenters. The van der Waals surface area contributed by atoms with Crippen LogP contribution in [0.2, 0.25) is 0 Å². The van der Waals surface area contributed by atoms with Crippen molar-refractivity contribution < 1.29 is 14.6 Å². The highest BCUT2D eigenvalue weighted by molar-refractivity contribution is 5.95. The molecule has 1 aromatic carbocycles. The number of β-amino-alcohol motifs (C(OH)–C–C–N with tert-alkyl or cyclic N) is 1. The maximum atomic E-state index is 12.5. The van der Waals surface area contributed by atoms with Gasteiger partial charge in [0.1, 0.15) is 0 Å². The van der Waals surface area contributed by atoms with Crippen molar-refractivity contribution in [2.24, 2.45) is 5.92 Å². The highest BCUT2D eigenvalue weighted by Gasteiger charge is 2.28. The largest absolute Gasteiger partial charge is 0.391 e. The van der Waals surface area contributed by atoms with E-state index < -0.39 is 6.10 Å². The summed E-state index contributed by atoms with van der Waals surface area (Å²) < 4.78 is 5.12. The van der Waals surface area contributed by atoms with Crippen molar-refractivity contribution in [3.05, 3.63) is 35.4 Å². The SMILES string of the molecule is COCc1ccccc1C(=O)N1CCC(C)C(O)C1. The summed E-state index contributed by atoms with van der Waals surface area (Å²) in [7, 11) is 1.62. The zero-order valence-corrected chi connectivity index (χ0v) is 11.5. The minimum atomic E-state index is -0.424. The molecule has 2 rings (SSSR count). The maximum absolute atomic E-state index is 12.5. The van der Waals surface area contributed by atoms with Gasteiger partial charge in [-0.05, 0) is 24.0 Å². The highest BCUT2D eigenvalue weighted by atomic mass is 16.5. The average Bonchev–Trinajstić information content (AvgIpc) is 2.42. The van der Waals surface area contributed by atoms with E-state index in [0.29, 0.717) is 25.3 Å². The van der Waals surface area contributed by atoms with E-state index in [1.807, 2.05) is 31.2 Å². The first kappa shape index (κ1) is 14.0. The van der Waals surface area contributed by atoms with Gasteiger partial charge in [-0.25, -0.2) is 0 Å². The lowest BCUT2D eigenvalue weighted by Crippen LogP contribution is -2.46. The predicted octanol–water partition coefficient (Wildman–Crippen LogP) is 1.68. The summed E-state index contributed by atoms with van der Waals surface area (Å²) in [5, 5.41) is 9.90. The first-order valence-corrected chi connectivity index (χ1v) is 6.67. The van der Waals surface area contributed by atoms with Crippen molar-refractivity contribution in [3.8, 4) is 0 Å². The molecule has 4 nitrogen and oxygen atoms in total. The van der Waals surface area contributed by atoms with E-state index in [2.05, 4.69) is 0 Å². The molecular formula is C15H21NO3. The molecule has 0 aromatic heterocycles. The lowest BCUT2D eigenvalue weighted by molar-refractivity contribution is 0.0246. The minimum absolute atomic E-state index is 0.0152. The number of hydrogen-bond acceptors (Lipinski definition) is 3. The Morgan fingerprint density at radius 2 is 2.21 bits per heavy atom. The topological polar surface area (TPSA) is 49.8 Å². The molecule has 1 N–H and O–H groups in total. The number of carbonyl (C=O) groups is 1. The fourth-order valence-corrected chi connectivity index (χ4v) is 2.41. The van der Waals surface area contributed by atoms with Gasteiger partial charge in [0.15, 0.2) is 0 Å². The maximum Gasteiger partial charge on any atom is 0.254 e. The molecule has 1 aliphatic rings. The number of carbonyl (C=O) groups excluding carboxylic acids is 1. The molecule has 0 aliphatic carbocycles. The predicted molar refractivity (Wildman–Crippen MR) is 72.8 cm³/mol. The van der Waals surface area contributed by atoms with Crippen LogP contribution in [0.25, 0.3) is 0 Å². The molecular weight excluding hydrogens is 242 g/mol. The summed E-state index contributed by atoms with van der Waals surface area (Å²) >= 11 is 0. The van der Waals surface area contributed by atoms with E-state index in [-0.39, 0.29) is 11.8 Å². The van der Waals surface area contributed by atoms with Crippen LogP contribution in [0.5, 0.6) is 0 Å². The van der Waals surface area contributed by atoms with Crippen molar-refractivity contribution in [2.45, 2.75) is 26.1 Å². The van der Waals surface area contributed by atoms with Crippen LogP contribution < -0.4 is 0 Å². The smallest absolute Gasteiger partial charge is 0.254 e. The van der Waals surface area contributed by atoms with Gasteiger partial charge in [-0.1, -0.05) is 25.1 Å². The van der Waals surface area contributed by atoms with E-state index in [1.165, 1.54) is 0 Å². The minimum Gasteiger partial charge on any atom is -0.391 e. The molecule has 19 heavy (non-hydrogen) atoms. The Hall–Kier alpha value is -1.39. The van der Waals surface area contributed by atoms with Crippen molar-refractivity contribution in [1.82, 2.24) is 4.90 Å². The highest BCUT2D eigenvalue weighted by Crippen LogP contribution is 2.20. The first-order valence-electron chi connectivity index (χ1n) is 6.67. The number of hydrogen-bond donors (Lipinski definition) is 1. The summed E-state index contributed by atoms with van der Waals surface area (Å²) in [5.74, 6) is 0.247. The molecule has 1 fully saturated rings. The summed E-state index contributed by atoms with van der Waals surface area (Å²) in [5.41, 5.74) is 1.56. The Kier molecular flexibility index (Phi) is 4.56. The first-order chi connectivity index (χ1) is 9.13. The molecule has 4 heteroatoms. The van der Waals surface area contributed by atoms with Gasteiger partial charge < -0.3 is 14.7 Å². The van der Waals surface area contributed by atoms with E-state index in [1.54, 1.807) is 12.0 Å². The van der Waals surface area contributed by atoms with Gasteiger partial charge in [0.25, 0.3) is 5.91 Å². The number of likely N-dealkylation sites (tertiary alicyclic amines) is 1. The number of rotatable bonds is 3. The second-order valence-electron chi connectivity index (χ2n) is 5.17. The molecule has 104 valence electrons. The van der Waals surface area contributed by atoms with E-state index in [4.69, 9.17) is 4.74 Å². The van der Waals surface area contributed by atoms with Gasteiger partial charge >= 0.3 is 0 Å². The van der Waals surface area contributed by atoms with Crippen molar-refractivity contribution >= 4 is 5.91 Å². The second-order valence-corrected chi connectivity index (χ2v) is 5.17. The standard InChI is InChI=1S/C15H21NO3/c1-11-7-8-16(9-14(11)17)15(18)13-6-4-3-5-12(13)10-19-2/h3-6,11,14,17H,7-10H2,1-2H3. The van der Waals surface area contributed by atoms with E-state index >= 15 is 0 Å². The number of aliphatic hydroxyl groups is 1. The average molecular weight is 263 g/mol. The number of benzene rings is 1. The van der Waals surface area contributed by atoms with Gasteiger partial charge in [0.05, 0.1) is 12.7 Å². The Labute approximate surface area is 114 Å². The van der Waals surface area contributed by atoms with Crippen LogP contribution in [0.3, 0.4) is 0 Å². The fourth-order valence-electron chi connectivity index (χ4n) is 2.41. The molecule has 1 amide bonds. The molecule has 2 unspecified atom stereocenters. The monoisotopic (exact) mass is 263 g/mol. The van der Waals surface area contributed by atoms with E-state index in [0.717, 1.165) is 12.0 Å². The quantitative estimate of drug-likeness (QED) is 0.902. The van der Waals surface area contributed by atoms with Gasteiger partial charge in [0, 0.05) is 25.8 Å². The van der Waals surface area contributed by atoms with Crippen molar-refractivity contribution in [3.63, 3.8) is 0 Å². The number of piperidine rings is 1. The van der Waals surface area contributed by atoms with Crippen LogP contribution in [0.15, 0.2) is 24.3 Å². The molecule has 1 saturated heterocycles. The number of amides is 1. The van der Waals surface area contributed by atoms with E-state index in [9.17, 15) is 9.90 Å². The Morgan fingerprint density at radius 1 is 1.47 bits per heavy atom. The third kappa shape index (κ3) is 3.14. The Morgan fingerprint density at radius 3 is 2.89 bits per heavy atom. The number of ether oxygens (including phenoxy) is 1. The van der Waals surface area contributed by atoms with Crippen molar-refractivity contribution in [1.29, 1.82) is 0 Å². The summed E-state index contributed by atoms with van der Waals surface area (Å²) in [6.45, 7) is 3.57. The lowest BCUT2D eigenvalue weighted by Gasteiger charge is -2.34. The molecule has 0 saturated carbocycles. The van der Waals surface area contributed by atoms with Crippen LogP contribution in [-0.4, -0.2) is 42.2 Å². The Bertz CT molecular complexity index is 447. The number of aliphatic hydroxyl groups excluding tert-OH is 1. The van der Waals surface area contributed by atoms with Crippen LogP contribution in [-0.2, 0) is 11.3 Å². The molecule has 0 radical (unpaired) electrons. The van der Waals surface area contributed by atoms with Gasteiger partial charge in [-0.15, -0.1) is 0 Å². The zero-order valence-electron chi connectivity index (χ0n) is 11.5. The Balaban J connectivity index is 2.15. The summed E-state index contributed by atoms with van der Waals surface area (Å²) in [6.07, 6.45) is 0.423. The number of nitrogens with zero attached hydrogens (tertiary/aromatic N) is 1. The van der Waals surface area contributed by atoms with Crippen LogP contribution in [0.4, 0.5) is 0 Å². The zero-order chi connectivity index (χ0) is 13.8. The van der Waals surface area contributed by atoms with Crippen molar-refractivity contribution in [2.75, 3.05) is 20.2 Å². The van der Waals surface area contributed by atoms with Gasteiger partial charge in [-0.3, -0.25) is 4.79 Å². The third-order valence-corrected chi connectivity index (χ3v) is 3.75. The molecule has 1 aromatic rings. The third-order valence-electron chi connectivity index (χ3n) is 3.75. The second kappa shape index (κ2) is 6.17. The molecule has 1 heterocycles. The lowest BCUT2D eigenvalue weighted by atomic mass is 9.95. The fraction of sp³-hybridized carbons (Fsp3) is 0.533. The number of methoxy groups -OCH3 is 1. The van der Waals surface area contributed by atoms with Crippen LogP contribution in [0.1, 0.15) is 29.3 Å². The summed E-state index contributed by atoms with van der Waals surface area (Å²) in [4.78, 5) is 14.2. The van der Waals surface area contributed by atoms with Gasteiger partial charge in [0.2, 0.25) is 0 Å². The van der Waals surface area contributed by atoms with Gasteiger partial charge in [-0.2, -0.15) is 0 Å². The molecule has 0 bridgehead atoms. The van der Waals surface area contributed by atoms with Crippen LogP contribution >= 0.6 is 0 Å². The molecule has 1 aliphatic heterocycles. The normalized spacial score (nSPS) is 23.4.